The summed E-state index contributed by atoms with van der Waals surface area (Å²) in [4.78, 5) is 11.3. The molecule has 0 spiro atoms. The SMILES string of the molecule is CCOC(=O)C(N)COC1CCCCCC1. The number of rotatable bonds is 5. The first-order chi connectivity index (χ1) is 7.74. The number of esters is 1. The monoisotopic (exact) mass is 229 g/mol. The highest BCUT2D eigenvalue weighted by molar-refractivity contribution is 5.75. The van der Waals surface area contributed by atoms with Crippen LogP contribution in [0.2, 0.25) is 0 Å². The van der Waals surface area contributed by atoms with E-state index in [9.17, 15) is 4.79 Å². The van der Waals surface area contributed by atoms with Crippen LogP contribution in [-0.4, -0.2) is 31.3 Å². The lowest BCUT2D eigenvalue weighted by Gasteiger charge is -2.17. The molecule has 1 atom stereocenters. The maximum atomic E-state index is 11.3. The molecule has 1 aliphatic rings. The summed E-state index contributed by atoms with van der Waals surface area (Å²) in [5.41, 5.74) is 5.66. The van der Waals surface area contributed by atoms with Crippen molar-refractivity contribution in [3.8, 4) is 0 Å². The topological polar surface area (TPSA) is 61.5 Å². The highest BCUT2D eigenvalue weighted by Crippen LogP contribution is 2.19. The highest BCUT2D eigenvalue weighted by atomic mass is 16.5. The van der Waals surface area contributed by atoms with Crippen LogP contribution in [0.4, 0.5) is 0 Å². The minimum Gasteiger partial charge on any atom is -0.465 e. The maximum absolute atomic E-state index is 11.3. The molecular weight excluding hydrogens is 206 g/mol. The lowest BCUT2D eigenvalue weighted by molar-refractivity contribution is -0.146. The van der Waals surface area contributed by atoms with Crippen LogP contribution in [0.5, 0.6) is 0 Å². The second kappa shape index (κ2) is 7.63. The van der Waals surface area contributed by atoms with Crippen molar-refractivity contribution in [2.75, 3.05) is 13.2 Å². The Bertz CT molecular complexity index is 200. The minimum atomic E-state index is -0.636. The van der Waals surface area contributed by atoms with Crippen molar-refractivity contribution in [2.24, 2.45) is 5.73 Å². The van der Waals surface area contributed by atoms with Gasteiger partial charge in [0, 0.05) is 0 Å². The smallest absolute Gasteiger partial charge is 0.325 e. The van der Waals surface area contributed by atoms with Crippen LogP contribution in [0.3, 0.4) is 0 Å². The maximum Gasteiger partial charge on any atom is 0.325 e. The van der Waals surface area contributed by atoms with E-state index in [0.717, 1.165) is 12.8 Å². The van der Waals surface area contributed by atoms with E-state index in [1.807, 2.05) is 0 Å². The third-order valence-electron chi connectivity index (χ3n) is 2.90. The normalized spacial score (nSPS) is 20.1. The summed E-state index contributed by atoms with van der Waals surface area (Å²) in [6.45, 7) is 2.43. The van der Waals surface area contributed by atoms with Gasteiger partial charge in [-0.3, -0.25) is 4.79 Å². The molecule has 0 aromatic carbocycles. The molecule has 0 aromatic heterocycles. The number of nitrogens with two attached hydrogens (primary N) is 1. The summed E-state index contributed by atoms with van der Waals surface area (Å²) in [6, 6.07) is -0.636. The number of carbonyl (C=O) groups is 1. The van der Waals surface area contributed by atoms with Crippen molar-refractivity contribution in [3.63, 3.8) is 0 Å². The Hall–Kier alpha value is -0.610. The van der Waals surface area contributed by atoms with E-state index in [1.165, 1.54) is 25.7 Å². The molecule has 2 N–H and O–H groups in total. The average molecular weight is 229 g/mol. The van der Waals surface area contributed by atoms with Crippen LogP contribution in [-0.2, 0) is 14.3 Å². The molecule has 0 aromatic rings. The Morgan fingerprint density at radius 3 is 2.50 bits per heavy atom. The van der Waals surface area contributed by atoms with E-state index in [0.29, 0.717) is 6.61 Å². The quantitative estimate of drug-likeness (QED) is 0.575. The molecule has 1 aliphatic carbocycles. The Labute approximate surface area is 97.5 Å². The minimum absolute atomic E-state index is 0.281. The second-order valence-corrected chi connectivity index (χ2v) is 4.31. The second-order valence-electron chi connectivity index (χ2n) is 4.31. The number of ether oxygens (including phenoxy) is 2. The van der Waals surface area contributed by atoms with Gasteiger partial charge in [0.05, 0.1) is 19.3 Å². The molecule has 1 rings (SSSR count). The molecule has 16 heavy (non-hydrogen) atoms. The molecule has 1 saturated carbocycles. The van der Waals surface area contributed by atoms with E-state index >= 15 is 0 Å². The molecule has 0 aliphatic heterocycles. The first kappa shape index (κ1) is 13.5. The van der Waals surface area contributed by atoms with Crippen LogP contribution in [0.1, 0.15) is 45.4 Å². The van der Waals surface area contributed by atoms with Gasteiger partial charge in [-0.1, -0.05) is 25.7 Å². The molecule has 1 unspecified atom stereocenters. The van der Waals surface area contributed by atoms with Crippen molar-refractivity contribution in [1.29, 1.82) is 0 Å². The Morgan fingerprint density at radius 1 is 1.31 bits per heavy atom. The molecule has 4 nitrogen and oxygen atoms in total. The summed E-state index contributed by atoms with van der Waals surface area (Å²) in [6.07, 6.45) is 7.50. The third-order valence-corrected chi connectivity index (χ3v) is 2.90. The van der Waals surface area contributed by atoms with Gasteiger partial charge in [-0.05, 0) is 19.8 Å². The zero-order chi connectivity index (χ0) is 11.8. The zero-order valence-corrected chi connectivity index (χ0v) is 10.1. The van der Waals surface area contributed by atoms with Crippen LogP contribution in [0.15, 0.2) is 0 Å². The lowest BCUT2D eigenvalue weighted by atomic mass is 10.1. The molecule has 0 heterocycles. The summed E-state index contributed by atoms with van der Waals surface area (Å²) in [5, 5.41) is 0. The Morgan fingerprint density at radius 2 is 1.94 bits per heavy atom. The van der Waals surface area contributed by atoms with Gasteiger partial charge in [0.1, 0.15) is 6.04 Å². The molecule has 0 bridgehead atoms. The van der Waals surface area contributed by atoms with E-state index in [4.69, 9.17) is 15.2 Å². The van der Waals surface area contributed by atoms with E-state index < -0.39 is 6.04 Å². The molecule has 4 heteroatoms. The van der Waals surface area contributed by atoms with Gasteiger partial charge >= 0.3 is 5.97 Å². The molecule has 1 fully saturated rings. The number of hydrogen-bond donors (Lipinski definition) is 1. The van der Waals surface area contributed by atoms with Gasteiger partial charge < -0.3 is 15.2 Å². The standard InChI is InChI=1S/C12H23NO3/c1-2-15-12(14)11(13)9-16-10-7-5-3-4-6-8-10/h10-11H,2-9,13H2,1H3. The van der Waals surface area contributed by atoms with Crippen molar-refractivity contribution in [2.45, 2.75) is 57.6 Å². The highest BCUT2D eigenvalue weighted by Gasteiger charge is 2.18. The van der Waals surface area contributed by atoms with Crippen molar-refractivity contribution in [3.05, 3.63) is 0 Å². The Balaban J connectivity index is 2.19. The fourth-order valence-electron chi connectivity index (χ4n) is 1.97. The summed E-state index contributed by atoms with van der Waals surface area (Å²) in [5.74, 6) is -0.365. The number of carbonyl (C=O) groups excluding carboxylic acids is 1. The molecular formula is C12H23NO3. The van der Waals surface area contributed by atoms with Crippen LogP contribution in [0.25, 0.3) is 0 Å². The number of hydrogen-bond acceptors (Lipinski definition) is 4. The summed E-state index contributed by atoms with van der Waals surface area (Å²) >= 11 is 0. The first-order valence-electron chi connectivity index (χ1n) is 6.28. The van der Waals surface area contributed by atoms with Gasteiger partial charge in [0.25, 0.3) is 0 Å². The predicted octanol–water partition coefficient (Wildman–Crippen LogP) is 1.62. The predicted molar refractivity (Wildman–Crippen MR) is 62.1 cm³/mol. The summed E-state index contributed by atoms with van der Waals surface area (Å²) < 4.78 is 10.5. The Kier molecular flexibility index (Phi) is 6.42. The van der Waals surface area contributed by atoms with Gasteiger partial charge in [0.2, 0.25) is 0 Å². The average Bonchev–Trinajstić information content (AvgIpc) is 2.54. The van der Waals surface area contributed by atoms with Crippen LogP contribution < -0.4 is 5.73 Å². The van der Waals surface area contributed by atoms with Gasteiger partial charge in [-0.2, -0.15) is 0 Å². The molecule has 0 amide bonds. The van der Waals surface area contributed by atoms with E-state index in [-0.39, 0.29) is 18.7 Å². The van der Waals surface area contributed by atoms with Crippen LogP contribution in [0, 0.1) is 0 Å². The van der Waals surface area contributed by atoms with E-state index in [2.05, 4.69) is 0 Å². The van der Waals surface area contributed by atoms with Crippen LogP contribution >= 0.6 is 0 Å². The zero-order valence-electron chi connectivity index (χ0n) is 10.1. The molecule has 94 valence electrons. The first-order valence-corrected chi connectivity index (χ1v) is 6.28. The lowest BCUT2D eigenvalue weighted by Crippen LogP contribution is -2.38. The van der Waals surface area contributed by atoms with E-state index in [1.54, 1.807) is 6.92 Å². The summed E-state index contributed by atoms with van der Waals surface area (Å²) in [7, 11) is 0. The van der Waals surface area contributed by atoms with Crippen molar-refractivity contribution >= 4 is 5.97 Å². The molecule has 0 radical (unpaired) electrons. The fraction of sp³-hybridized carbons (Fsp3) is 0.917. The largest absolute Gasteiger partial charge is 0.465 e. The van der Waals surface area contributed by atoms with Crippen molar-refractivity contribution < 1.29 is 14.3 Å². The fourth-order valence-corrected chi connectivity index (χ4v) is 1.97. The van der Waals surface area contributed by atoms with Gasteiger partial charge in [-0.15, -0.1) is 0 Å². The van der Waals surface area contributed by atoms with Gasteiger partial charge in [0.15, 0.2) is 0 Å². The van der Waals surface area contributed by atoms with Crippen molar-refractivity contribution in [1.82, 2.24) is 0 Å². The third kappa shape index (κ3) is 4.94. The molecule has 0 saturated heterocycles. The van der Waals surface area contributed by atoms with Gasteiger partial charge in [-0.25, -0.2) is 0 Å².